The molecule has 22 heavy (non-hydrogen) atoms. The molecule has 1 rings (SSSR count). The van der Waals surface area contributed by atoms with Gasteiger partial charge in [-0.3, -0.25) is 14.4 Å². The summed E-state index contributed by atoms with van der Waals surface area (Å²) in [5, 5.41) is 46.9. The summed E-state index contributed by atoms with van der Waals surface area (Å²) < 4.78 is 0. The number of hydrogen-bond acceptors (Lipinski definition) is 5. The smallest absolute Gasteiger partial charge is 0.342 e. The van der Waals surface area contributed by atoms with E-state index in [9.17, 15) is 39.6 Å². The van der Waals surface area contributed by atoms with Gasteiger partial charge in [0, 0.05) is 0 Å². The average Bonchev–Trinajstić information content (AvgIpc) is 2.43. The number of aliphatic carboxylic acids is 4. The van der Waals surface area contributed by atoms with Crippen LogP contribution in [0.5, 0.6) is 0 Å². The fourth-order valence-electron chi connectivity index (χ4n) is 2.14. The van der Waals surface area contributed by atoms with E-state index in [2.05, 4.69) is 0 Å². The van der Waals surface area contributed by atoms with Gasteiger partial charge in [0.1, 0.15) is 0 Å². The van der Waals surface area contributed by atoms with E-state index in [1.807, 2.05) is 0 Å². The minimum Gasteiger partial charge on any atom is -0.481 e. The summed E-state index contributed by atoms with van der Waals surface area (Å²) in [6.07, 6.45) is -1.63. The Balaban J connectivity index is 3.80. The molecule has 118 valence electrons. The monoisotopic (exact) mass is 312 g/mol. The predicted octanol–water partition coefficient (Wildman–Crippen LogP) is -0.411. The van der Waals surface area contributed by atoms with Gasteiger partial charge in [-0.1, -0.05) is 30.3 Å². The average molecular weight is 312 g/mol. The van der Waals surface area contributed by atoms with Crippen LogP contribution >= 0.6 is 0 Å². The van der Waals surface area contributed by atoms with Crippen molar-refractivity contribution in [2.75, 3.05) is 0 Å². The van der Waals surface area contributed by atoms with Crippen LogP contribution in [0.4, 0.5) is 0 Å². The van der Waals surface area contributed by atoms with E-state index in [0.717, 1.165) is 12.1 Å². The van der Waals surface area contributed by atoms with Crippen LogP contribution in [0.25, 0.3) is 0 Å². The topological polar surface area (TPSA) is 169 Å². The van der Waals surface area contributed by atoms with Gasteiger partial charge in [0.2, 0.25) is 11.0 Å². The fourth-order valence-corrected chi connectivity index (χ4v) is 2.14. The second kappa shape index (κ2) is 5.82. The van der Waals surface area contributed by atoms with Crippen LogP contribution in [0.3, 0.4) is 0 Å². The Bertz CT molecular complexity index is 608. The first-order valence-corrected chi connectivity index (χ1v) is 5.80. The number of rotatable bonds is 7. The first-order valence-electron chi connectivity index (χ1n) is 5.80. The Labute approximate surface area is 123 Å². The van der Waals surface area contributed by atoms with Gasteiger partial charge in [-0.2, -0.15) is 0 Å². The highest BCUT2D eigenvalue weighted by Gasteiger charge is 2.68. The predicted molar refractivity (Wildman–Crippen MR) is 67.9 cm³/mol. The molecule has 1 aromatic carbocycles. The molecule has 0 aliphatic rings. The zero-order chi connectivity index (χ0) is 17.1. The van der Waals surface area contributed by atoms with Crippen LogP contribution in [0, 0.1) is 5.41 Å². The molecule has 5 N–H and O–H groups in total. The summed E-state index contributed by atoms with van der Waals surface area (Å²) in [5.74, 6) is -8.64. The normalized spacial score (nSPS) is 13.9. The van der Waals surface area contributed by atoms with Crippen molar-refractivity contribution >= 4 is 23.9 Å². The molecule has 0 spiro atoms. The molecule has 0 aliphatic carbocycles. The molecule has 9 heteroatoms. The molecule has 0 fully saturated rings. The van der Waals surface area contributed by atoms with Gasteiger partial charge in [0.25, 0.3) is 0 Å². The number of aliphatic hydroxyl groups is 1. The van der Waals surface area contributed by atoms with Crippen molar-refractivity contribution in [3.63, 3.8) is 0 Å². The largest absolute Gasteiger partial charge is 0.481 e. The molecule has 0 radical (unpaired) electrons. The zero-order valence-corrected chi connectivity index (χ0v) is 11.0. The van der Waals surface area contributed by atoms with E-state index in [1.165, 1.54) is 18.2 Å². The SMILES string of the molecule is O=C(O)CC(C(=O)O)(C(=O)O)C(O)(C(=O)O)c1ccccc1. The zero-order valence-electron chi connectivity index (χ0n) is 11.0. The van der Waals surface area contributed by atoms with Gasteiger partial charge < -0.3 is 25.5 Å². The van der Waals surface area contributed by atoms with Crippen molar-refractivity contribution < 1.29 is 44.7 Å². The standard InChI is InChI=1S/C13H12O9/c14-8(15)6-12(9(16)17,10(18)19)13(22,11(20)21)7-4-2-1-3-5-7/h1-5,22H,6H2,(H,14,15)(H,16,17)(H,18,19)(H,20,21). The second-order valence-electron chi connectivity index (χ2n) is 4.47. The number of benzene rings is 1. The van der Waals surface area contributed by atoms with Crippen LogP contribution in [-0.2, 0) is 24.8 Å². The molecule has 0 heterocycles. The van der Waals surface area contributed by atoms with Gasteiger partial charge in [-0.15, -0.1) is 0 Å². The Morgan fingerprint density at radius 3 is 1.59 bits per heavy atom. The van der Waals surface area contributed by atoms with E-state index >= 15 is 0 Å². The lowest BCUT2D eigenvalue weighted by molar-refractivity contribution is -0.204. The van der Waals surface area contributed by atoms with E-state index in [0.29, 0.717) is 0 Å². The molecule has 0 saturated carbocycles. The van der Waals surface area contributed by atoms with Crippen molar-refractivity contribution in [3.05, 3.63) is 35.9 Å². The second-order valence-corrected chi connectivity index (χ2v) is 4.47. The van der Waals surface area contributed by atoms with Crippen LogP contribution in [-0.4, -0.2) is 49.4 Å². The molecule has 1 aromatic rings. The molecule has 0 bridgehead atoms. The van der Waals surface area contributed by atoms with Crippen molar-refractivity contribution in [1.29, 1.82) is 0 Å². The lowest BCUT2D eigenvalue weighted by Gasteiger charge is -2.37. The Morgan fingerprint density at radius 2 is 1.27 bits per heavy atom. The summed E-state index contributed by atoms with van der Waals surface area (Å²) in [6, 6.07) is 5.91. The molecule has 0 saturated heterocycles. The van der Waals surface area contributed by atoms with Crippen LogP contribution in [0.1, 0.15) is 12.0 Å². The molecule has 0 aromatic heterocycles. The molecule has 9 nitrogen and oxygen atoms in total. The van der Waals surface area contributed by atoms with Crippen LogP contribution < -0.4 is 0 Å². The van der Waals surface area contributed by atoms with Crippen molar-refractivity contribution in [1.82, 2.24) is 0 Å². The third-order valence-electron chi connectivity index (χ3n) is 3.27. The van der Waals surface area contributed by atoms with E-state index in [4.69, 9.17) is 5.11 Å². The maximum absolute atomic E-state index is 11.5. The lowest BCUT2D eigenvalue weighted by atomic mass is 9.66. The first kappa shape index (κ1) is 17.1. The molecule has 1 atom stereocenters. The highest BCUT2D eigenvalue weighted by molar-refractivity contribution is 6.07. The highest BCUT2D eigenvalue weighted by atomic mass is 16.4. The van der Waals surface area contributed by atoms with Gasteiger partial charge in [-0.05, 0) is 5.56 Å². The summed E-state index contributed by atoms with van der Waals surface area (Å²) in [7, 11) is 0. The third-order valence-corrected chi connectivity index (χ3v) is 3.27. The Kier molecular flexibility index (Phi) is 4.52. The summed E-state index contributed by atoms with van der Waals surface area (Å²) in [6.45, 7) is 0. The van der Waals surface area contributed by atoms with Crippen molar-refractivity contribution in [2.45, 2.75) is 12.0 Å². The quantitative estimate of drug-likeness (QED) is 0.420. The minimum absolute atomic E-state index is 0.562. The van der Waals surface area contributed by atoms with Crippen LogP contribution in [0.15, 0.2) is 30.3 Å². The molecule has 1 unspecified atom stereocenters. The number of carboxylic acid groups (broad SMARTS) is 4. The van der Waals surface area contributed by atoms with E-state index < -0.39 is 46.9 Å². The van der Waals surface area contributed by atoms with Crippen LogP contribution in [0.2, 0.25) is 0 Å². The highest BCUT2D eigenvalue weighted by Crippen LogP contribution is 2.44. The molecular weight excluding hydrogens is 300 g/mol. The fraction of sp³-hybridized carbons (Fsp3) is 0.231. The van der Waals surface area contributed by atoms with Gasteiger partial charge in [-0.25, -0.2) is 4.79 Å². The first-order chi connectivity index (χ1) is 10.1. The van der Waals surface area contributed by atoms with E-state index in [1.54, 1.807) is 0 Å². The Morgan fingerprint density at radius 1 is 0.818 bits per heavy atom. The summed E-state index contributed by atoms with van der Waals surface area (Å²) in [5.41, 5.74) is -7.55. The maximum Gasteiger partial charge on any atom is 0.342 e. The molecular formula is C13H12O9. The van der Waals surface area contributed by atoms with Gasteiger partial charge in [0.15, 0.2) is 0 Å². The summed E-state index contributed by atoms with van der Waals surface area (Å²) >= 11 is 0. The van der Waals surface area contributed by atoms with E-state index in [-0.39, 0.29) is 0 Å². The molecule has 0 aliphatic heterocycles. The Hall–Kier alpha value is -2.94. The summed E-state index contributed by atoms with van der Waals surface area (Å²) in [4.78, 5) is 45.3. The molecule has 0 amide bonds. The van der Waals surface area contributed by atoms with Gasteiger partial charge in [0.05, 0.1) is 6.42 Å². The van der Waals surface area contributed by atoms with Crippen molar-refractivity contribution in [3.8, 4) is 0 Å². The number of carboxylic acids is 4. The van der Waals surface area contributed by atoms with Gasteiger partial charge >= 0.3 is 23.9 Å². The lowest BCUT2D eigenvalue weighted by Crippen LogP contribution is -2.61. The number of carbonyl (C=O) groups is 4. The third kappa shape index (κ3) is 2.37. The minimum atomic E-state index is -3.51. The maximum atomic E-state index is 11.5. The number of hydrogen-bond donors (Lipinski definition) is 5. The van der Waals surface area contributed by atoms with Crippen molar-refractivity contribution in [2.24, 2.45) is 5.41 Å².